The fourth-order valence-corrected chi connectivity index (χ4v) is 2.85. The first-order valence-electron chi connectivity index (χ1n) is 6.72. The van der Waals surface area contributed by atoms with Gasteiger partial charge in [-0.1, -0.05) is 11.6 Å². The lowest BCUT2D eigenvalue weighted by atomic mass is 9.93. The Morgan fingerprint density at radius 2 is 1.79 bits per heavy atom. The van der Waals surface area contributed by atoms with Crippen LogP contribution >= 0.6 is 11.6 Å². The molecule has 1 saturated heterocycles. The molecular formula is C15H18ClN3. The molecule has 4 heteroatoms. The van der Waals surface area contributed by atoms with E-state index in [9.17, 15) is 0 Å². The Morgan fingerprint density at radius 3 is 2.47 bits per heavy atom. The third-order valence-electron chi connectivity index (χ3n) is 3.88. The third-order valence-corrected chi connectivity index (χ3v) is 4.13. The molecular weight excluding hydrogens is 258 g/mol. The van der Waals surface area contributed by atoms with Crippen molar-refractivity contribution in [2.75, 3.05) is 20.1 Å². The van der Waals surface area contributed by atoms with Crippen LogP contribution in [0.4, 0.5) is 0 Å². The summed E-state index contributed by atoms with van der Waals surface area (Å²) in [4.78, 5) is 2.39. The van der Waals surface area contributed by atoms with Crippen molar-refractivity contribution < 1.29 is 0 Å². The maximum atomic E-state index is 5.94. The Kier molecular flexibility index (Phi) is 3.58. The average molecular weight is 276 g/mol. The van der Waals surface area contributed by atoms with Crippen molar-refractivity contribution in [1.82, 2.24) is 14.7 Å². The molecule has 1 aliphatic heterocycles. The number of benzene rings is 1. The van der Waals surface area contributed by atoms with Gasteiger partial charge in [0.15, 0.2) is 0 Å². The van der Waals surface area contributed by atoms with E-state index < -0.39 is 0 Å². The van der Waals surface area contributed by atoms with Crippen LogP contribution in [-0.2, 0) is 0 Å². The Hall–Kier alpha value is -1.32. The maximum Gasteiger partial charge on any atom is 0.0649 e. The summed E-state index contributed by atoms with van der Waals surface area (Å²) in [5.41, 5.74) is 2.40. The highest BCUT2D eigenvalue weighted by atomic mass is 35.5. The number of piperidine rings is 1. The largest absolute Gasteiger partial charge is 0.306 e. The van der Waals surface area contributed by atoms with E-state index in [0.717, 1.165) is 23.8 Å². The van der Waals surface area contributed by atoms with Gasteiger partial charge in [0.1, 0.15) is 0 Å². The van der Waals surface area contributed by atoms with Crippen LogP contribution in [0, 0.1) is 0 Å². The molecule has 0 spiro atoms. The molecule has 0 unspecified atom stereocenters. The Morgan fingerprint density at radius 1 is 1.11 bits per heavy atom. The minimum absolute atomic E-state index is 0.606. The Bertz CT molecular complexity index is 539. The van der Waals surface area contributed by atoms with Crippen molar-refractivity contribution in [3.05, 3.63) is 47.2 Å². The van der Waals surface area contributed by atoms with E-state index in [-0.39, 0.29) is 0 Å². The van der Waals surface area contributed by atoms with Gasteiger partial charge in [-0.15, -0.1) is 0 Å². The van der Waals surface area contributed by atoms with E-state index in [0.29, 0.717) is 5.92 Å². The zero-order valence-corrected chi connectivity index (χ0v) is 11.8. The fraction of sp³-hybridized carbons (Fsp3) is 0.400. The third kappa shape index (κ3) is 2.67. The first kappa shape index (κ1) is 12.7. The number of hydrogen-bond donors (Lipinski definition) is 0. The summed E-state index contributed by atoms with van der Waals surface area (Å²) < 4.78 is 2.05. The molecule has 19 heavy (non-hydrogen) atoms. The lowest BCUT2D eigenvalue weighted by Crippen LogP contribution is -2.30. The van der Waals surface area contributed by atoms with Gasteiger partial charge in [0.2, 0.25) is 0 Å². The standard InChI is InChI=1S/C15H18ClN3/c1-18-10-7-12(8-11-18)15-6-9-17-19(15)14-4-2-13(16)3-5-14/h2-6,9,12H,7-8,10-11H2,1H3. The van der Waals surface area contributed by atoms with E-state index in [1.807, 2.05) is 35.1 Å². The van der Waals surface area contributed by atoms with Gasteiger partial charge in [0.25, 0.3) is 0 Å². The van der Waals surface area contributed by atoms with Gasteiger partial charge in [-0.2, -0.15) is 5.10 Å². The quantitative estimate of drug-likeness (QED) is 0.838. The van der Waals surface area contributed by atoms with Crippen molar-refractivity contribution in [3.8, 4) is 5.69 Å². The summed E-state index contributed by atoms with van der Waals surface area (Å²) in [5, 5.41) is 5.23. The second kappa shape index (κ2) is 5.35. The maximum absolute atomic E-state index is 5.94. The Balaban J connectivity index is 1.88. The molecule has 2 aromatic rings. The lowest BCUT2D eigenvalue weighted by molar-refractivity contribution is 0.252. The zero-order valence-electron chi connectivity index (χ0n) is 11.1. The van der Waals surface area contributed by atoms with Crippen LogP contribution in [0.1, 0.15) is 24.5 Å². The molecule has 0 amide bonds. The predicted octanol–water partition coefficient (Wildman–Crippen LogP) is 3.33. The minimum atomic E-state index is 0.606. The summed E-state index contributed by atoms with van der Waals surface area (Å²) >= 11 is 5.94. The summed E-state index contributed by atoms with van der Waals surface area (Å²) in [6.07, 6.45) is 4.30. The minimum Gasteiger partial charge on any atom is -0.306 e. The van der Waals surface area contributed by atoms with Crippen LogP contribution in [-0.4, -0.2) is 34.8 Å². The Labute approximate surface area is 118 Å². The topological polar surface area (TPSA) is 21.1 Å². The number of nitrogens with zero attached hydrogens (tertiary/aromatic N) is 3. The molecule has 1 aromatic heterocycles. The zero-order chi connectivity index (χ0) is 13.2. The van der Waals surface area contributed by atoms with Crippen LogP contribution in [0.3, 0.4) is 0 Å². The van der Waals surface area contributed by atoms with Gasteiger partial charge in [-0.25, -0.2) is 4.68 Å². The molecule has 3 rings (SSSR count). The van der Waals surface area contributed by atoms with Crippen LogP contribution in [0.25, 0.3) is 5.69 Å². The van der Waals surface area contributed by atoms with Crippen LogP contribution in [0.5, 0.6) is 0 Å². The lowest BCUT2D eigenvalue weighted by Gasteiger charge is -2.29. The molecule has 0 atom stereocenters. The molecule has 0 saturated carbocycles. The summed E-state index contributed by atoms with van der Waals surface area (Å²) in [5.74, 6) is 0.606. The normalized spacial score (nSPS) is 17.8. The number of rotatable bonds is 2. The number of halogens is 1. The molecule has 1 aliphatic rings. The molecule has 0 radical (unpaired) electrons. The first-order valence-corrected chi connectivity index (χ1v) is 7.10. The van der Waals surface area contributed by atoms with Crippen LogP contribution in [0.15, 0.2) is 36.5 Å². The molecule has 0 N–H and O–H groups in total. The second-order valence-electron chi connectivity index (χ2n) is 5.22. The first-order chi connectivity index (χ1) is 9.24. The highest BCUT2D eigenvalue weighted by Gasteiger charge is 2.21. The van der Waals surface area contributed by atoms with Gasteiger partial charge in [-0.05, 0) is 63.3 Å². The number of aromatic nitrogens is 2. The van der Waals surface area contributed by atoms with Gasteiger partial charge in [-0.3, -0.25) is 0 Å². The van der Waals surface area contributed by atoms with E-state index in [1.165, 1.54) is 18.5 Å². The summed E-state index contributed by atoms with van der Waals surface area (Å²) in [6.45, 7) is 2.33. The van der Waals surface area contributed by atoms with E-state index >= 15 is 0 Å². The van der Waals surface area contributed by atoms with Gasteiger partial charge in [0, 0.05) is 22.8 Å². The van der Waals surface area contributed by atoms with Crippen LogP contribution in [0.2, 0.25) is 5.02 Å². The highest BCUT2D eigenvalue weighted by Crippen LogP contribution is 2.29. The molecule has 0 bridgehead atoms. The van der Waals surface area contributed by atoms with Crippen molar-refractivity contribution in [1.29, 1.82) is 0 Å². The van der Waals surface area contributed by atoms with Crippen molar-refractivity contribution >= 4 is 11.6 Å². The van der Waals surface area contributed by atoms with Crippen molar-refractivity contribution in [2.45, 2.75) is 18.8 Å². The summed E-state index contributed by atoms with van der Waals surface area (Å²) in [6, 6.07) is 10.0. The average Bonchev–Trinajstić information content (AvgIpc) is 2.90. The van der Waals surface area contributed by atoms with Crippen LogP contribution < -0.4 is 0 Å². The molecule has 3 nitrogen and oxygen atoms in total. The predicted molar refractivity (Wildman–Crippen MR) is 78.0 cm³/mol. The van der Waals surface area contributed by atoms with Gasteiger partial charge < -0.3 is 4.90 Å². The summed E-state index contributed by atoms with van der Waals surface area (Å²) in [7, 11) is 2.19. The molecule has 1 fully saturated rings. The van der Waals surface area contributed by atoms with Crippen molar-refractivity contribution in [3.63, 3.8) is 0 Å². The van der Waals surface area contributed by atoms with Gasteiger partial charge in [0.05, 0.1) is 5.69 Å². The van der Waals surface area contributed by atoms with Crippen molar-refractivity contribution in [2.24, 2.45) is 0 Å². The highest BCUT2D eigenvalue weighted by molar-refractivity contribution is 6.30. The van der Waals surface area contributed by atoms with E-state index in [2.05, 4.69) is 23.1 Å². The van der Waals surface area contributed by atoms with E-state index in [1.54, 1.807) is 0 Å². The monoisotopic (exact) mass is 275 g/mol. The number of hydrogen-bond acceptors (Lipinski definition) is 2. The SMILES string of the molecule is CN1CCC(c2ccnn2-c2ccc(Cl)cc2)CC1. The van der Waals surface area contributed by atoms with Gasteiger partial charge >= 0.3 is 0 Å². The fourth-order valence-electron chi connectivity index (χ4n) is 2.73. The molecule has 0 aliphatic carbocycles. The van der Waals surface area contributed by atoms with E-state index in [4.69, 9.17) is 11.6 Å². The molecule has 2 heterocycles. The smallest absolute Gasteiger partial charge is 0.0649 e. The second-order valence-corrected chi connectivity index (χ2v) is 5.66. The molecule has 100 valence electrons. The molecule has 1 aromatic carbocycles. The number of likely N-dealkylation sites (tertiary alicyclic amines) is 1.